The molecule has 16 heavy (non-hydrogen) atoms. The average Bonchev–Trinajstić information content (AvgIpc) is 2.61. The third-order valence-corrected chi connectivity index (χ3v) is 2.64. The molecule has 0 unspecified atom stereocenters. The largest absolute Gasteiger partial charge is 0.463 e. The average molecular weight is 243 g/mol. The molecule has 0 saturated carbocycles. The van der Waals surface area contributed by atoms with Gasteiger partial charge in [-0.05, 0) is 19.1 Å². The zero-order chi connectivity index (χ0) is 11.7. The van der Waals surface area contributed by atoms with Crippen molar-refractivity contribution in [3.8, 4) is 5.75 Å². The minimum absolute atomic E-state index is 0.254. The summed E-state index contributed by atoms with van der Waals surface area (Å²) in [5.74, 6) is -0.0483. The Morgan fingerprint density at radius 2 is 2.44 bits per heavy atom. The van der Waals surface area contributed by atoms with Crippen molar-refractivity contribution in [1.29, 1.82) is 0 Å². The Bertz CT molecular complexity index is 430. The number of carbonyl (C=O) groups is 1. The van der Waals surface area contributed by atoms with Gasteiger partial charge in [-0.3, -0.25) is 0 Å². The summed E-state index contributed by atoms with van der Waals surface area (Å²) < 4.78 is 10.0. The number of hydrogen-bond acceptors (Lipinski definition) is 4. The predicted molar refractivity (Wildman–Crippen MR) is 57.7 cm³/mol. The molecule has 5 heteroatoms. The van der Waals surface area contributed by atoms with Gasteiger partial charge in [0.25, 0.3) is 0 Å². The quantitative estimate of drug-likeness (QED) is 0.803. The predicted octanol–water partition coefficient (Wildman–Crippen LogP) is 1.77. The van der Waals surface area contributed by atoms with Gasteiger partial charge in [0.2, 0.25) is 6.29 Å². The van der Waals surface area contributed by atoms with E-state index in [2.05, 4.69) is 0 Å². The van der Waals surface area contributed by atoms with E-state index in [0.717, 1.165) is 0 Å². The van der Waals surface area contributed by atoms with Crippen LogP contribution in [-0.2, 0) is 11.2 Å². The highest BCUT2D eigenvalue weighted by Gasteiger charge is 2.28. The number of halogens is 1. The summed E-state index contributed by atoms with van der Waals surface area (Å²) in [5, 5.41) is 9.77. The van der Waals surface area contributed by atoms with Crippen LogP contribution in [0.1, 0.15) is 22.8 Å². The Kier molecular flexibility index (Phi) is 3.03. The van der Waals surface area contributed by atoms with E-state index in [9.17, 15) is 9.90 Å². The molecular weight excluding hydrogens is 232 g/mol. The molecular formula is C11H11ClO4. The number of aliphatic hydroxyl groups excluding tert-OH is 1. The molecule has 0 bridgehead atoms. The smallest absolute Gasteiger partial charge is 0.338 e. The van der Waals surface area contributed by atoms with Crippen LogP contribution in [0.2, 0.25) is 5.02 Å². The Labute approximate surface area is 97.7 Å². The number of benzene rings is 1. The van der Waals surface area contributed by atoms with E-state index in [-0.39, 0.29) is 6.42 Å². The van der Waals surface area contributed by atoms with E-state index in [1.54, 1.807) is 19.1 Å². The molecule has 86 valence electrons. The van der Waals surface area contributed by atoms with Crippen LogP contribution < -0.4 is 4.74 Å². The van der Waals surface area contributed by atoms with Crippen LogP contribution in [0, 0.1) is 0 Å². The minimum Gasteiger partial charge on any atom is -0.463 e. The number of aliphatic hydroxyl groups is 1. The van der Waals surface area contributed by atoms with Crippen LogP contribution in [0.4, 0.5) is 0 Å². The minimum atomic E-state index is -0.942. The normalized spacial score (nSPS) is 17.8. The van der Waals surface area contributed by atoms with Crippen LogP contribution in [0.5, 0.6) is 5.75 Å². The Balaban J connectivity index is 2.42. The van der Waals surface area contributed by atoms with Crippen molar-refractivity contribution in [3.63, 3.8) is 0 Å². The van der Waals surface area contributed by atoms with Gasteiger partial charge in [0, 0.05) is 12.0 Å². The molecule has 1 aliphatic heterocycles. The molecule has 1 aliphatic rings. The molecule has 2 rings (SSSR count). The van der Waals surface area contributed by atoms with Gasteiger partial charge in [-0.2, -0.15) is 0 Å². The number of ether oxygens (including phenoxy) is 2. The first kappa shape index (κ1) is 11.2. The molecule has 1 atom stereocenters. The van der Waals surface area contributed by atoms with E-state index in [1.807, 2.05) is 0 Å². The van der Waals surface area contributed by atoms with Gasteiger partial charge >= 0.3 is 5.97 Å². The summed E-state index contributed by atoms with van der Waals surface area (Å²) in [7, 11) is 0. The fourth-order valence-electron chi connectivity index (χ4n) is 1.68. The monoisotopic (exact) mass is 242 g/mol. The van der Waals surface area contributed by atoms with Gasteiger partial charge in [0.15, 0.2) is 0 Å². The number of rotatable bonds is 2. The first-order chi connectivity index (χ1) is 7.63. The van der Waals surface area contributed by atoms with Crippen LogP contribution >= 0.6 is 11.6 Å². The number of esters is 1. The van der Waals surface area contributed by atoms with E-state index >= 15 is 0 Å². The maximum absolute atomic E-state index is 11.6. The van der Waals surface area contributed by atoms with Gasteiger partial charge in [-0.1, -0.05) is 11.6 Å². The summed E-state index contributed by atoms with van der Waals surface area (Å²) in [6.45, 7) is 2.04. The Hall–Kier alpha value is -1.26. The van der Waals surface area contributed by atoms with Crippen molar-refractivity contribution >= 4 is 17.6 Å². The summed E-state index contributed by atoms with van der Waals surface area (Å²) in [6.07, 6.45) is -0.688. The summed E-state index contributed by atoms with van der Waals surface area (Å²) in [5.41, 5.74) is 1.01. The van der Waals surface area contributed by atoms with Crippen molar-refractivity contribution < 1.29 is 19.4 Å². The number of fused-ring (bicyclic) bond motifs is 1. The fraction of sp³-hybridized carbons (Fsp3) is 0.364. The molecule has 1 N–H and O–H groups in total. The van der Waals surface area contributed by atoms with Crippen LogP contribution in [0.15, 0.2) is 12.1 Å². The number of hydrogen-bond donors (Lipinski definition) is 1. The van der Waals surface area contributed by atoms with Gasteiger partial charge in [0.1, 0.15) is 5.75 Å². The molecule has 1 heterocycles. The Morgan fingerprint density at radius 3 is 3.12 bits per heavy atom. The molecule has 4 nitrogen and oxygen atoms in total. The second-order valence-electron chi connectivity index (χ2n) is 3.40. The van der Waals surface area contributed by atoms with Gasteiger partial charge in [0.05, 0.1) is 17.2 Å². The molecule has 0 radical (unpaired) electrons. The van der Waals surface area contributed by atoms with Gasteiger partial charge in [-0.15, -0.1) is 0 Å². The van der Waals surface area contributed by atoms with Crippen molar-refractivity contribution in [2.75, 3.05) is 6.61 Å². The molecule has 0 saturated heterocycles. The lowest BCUT2D eigenvalue weighted by Crippen LogP contribution is -2.11. The SMILES string of the molecule is CCOC(=O)c1ccc(Cl)c2c1C[C@H](O)O2. The number of carbonyl (C=O) groups excluding carboxylic acids is 1. The van der Waals surface area contributed by atoms with E-state index in [0.29, 0.717) is 28.5 Å². The molecule has 0 spiro atoms. The highest BCUT2D eigenvalue weighted by molar-refractivity contribution is 6.32. The topological polar surface area (TPSA) is 55.8 Å². The maximum Gasteiger partial charge on any atom is 0.338 e. The fourth-order valence-corrected chi connectivity index (χ4v) is 1.90. The first-order valence-electron chi connectivity index (χ1n) is 4.96. The first-order valence-corrected chi connectivity index (χ1v) is 5.34. The molecule has 0 aliphatic carbocycles. The van der Waals surface area contributed by atoms with Crippen molar-refractivity contribution in [2.24, 2.45) is 0 Å². The van der Waals surface area contributed by atoms with Gasteiger partial charge < -0.3 is 14.6 Å². The van der Waals surface area contributed by atoms with E-state index < -0.39 is 12.3 Å². The second kappa shape index (κ2) is 4.31. The van der Waals surface area contributed by atoms with Crippen LogP contribution in [0.25, 0.3) is 0 Å². The zero-order valence-corrected chi connectivity index (χ0v) is 9.45. The summed E-state index contributed by atoms with van der Waals surface area (Å²) >= 11 is 5.90. The van der Waals surface area contributed by atoms with Gasteiger partial charge in [-0.25, -0.2) is 4.79 Å². The van der Waals surface area contributed by atoms with Crippen molar-refractivity contribution in [1.82, 2.24) is 0 Å². The molecule has 0 aromatic heterocycles. The van der Waals surface area contributed by atoms with Crippen LogP contribution in [-0.4, -0.2) is 24.0 Å². The third kappa shape index (κ3) is 1.86. The molecule has 0 fully saturated rings. The van der Waals surface area contributed by atoms with E-state index in [4.69, 9.17) is 21.1 Å². The Morgan fingerprint density at radius 1 is 1.69 bits per heavy atom. The third-order valence-electron chi connectivity index (χ3n) is 2.34. The highest BCUT2D eigenvalue weighted by Crippen LogP contribution is 2.37. The zero-order valence-electron chi connectivity index (χ0n) is 8.70. The summed E-state index contributed by atoms with van der Waals surface area (Å²) in [4.78, 5) is 11.6. The lowest BCUT2D eigenvalue weighted by atomic mass is 10.1. The van der Waals surface area contributed by atoms with E-state index in [1.165, 1.54) is 0 Å². The summed E-state index contributed by atoms with van der Waals surface area (Å²) in [6, 6.07) is 3.14. The molecule has 1 aromatic rings. The lowest BCUT2D eigenvalue weighted by Gasteiger charge is -2.07. The maximum atomic E-state index is 11.6. The van der Waals surface area contributed by atoms with Crippen molar-refractivity contribution in [3.05, 3.63) is 28.3 Å². The molecule has 1 aromatic carbocycles. The molecule has 0 amide bonds. The van der Waals surface area contributed by atoms with Crippen LogP contribution in [0.3, 0.4) is 0 Å². The van der Waals surface area contributed by atoms with Crippen molar-refractivity contribution in [2.45, 2.75) is 19.6 Å². The lowest BCUT2D eigenvalue weighted by molar-refractivity contribution is 0.00219. The highest BCUT2D eigenvalue weighted by atomic mass is 35.5. The second-order valence-corrected chi connectivity index (χ2v) is 3.81. The standard InChI is InChI=1S/C11H11ClO4/c1-2-15-11(14)6-3-4-8(12)10-7(6)5-9(13)16-10/h3-4,9,13H,2,5H2,1H3/t9-/m1/s1.